The highest BCUT2D eigenvalue weighted by molar-refractivity contribution is 7.91. The first kappa shape index (κ1) is 12.6. The van der Waals surface area contributed by atoms with Gasteiger partial charge in [-0.2, -0.15) is 0 Å². The quantitative estimate of drug-likeness (QED) is 0.864. The molecule has 3 nitrogen and oxygen atoms in total. The number of benzene rings is 2. The molecule has 0 aliphatic carbocycles. The van der Waals surface area contributed by atoms with Gasteiger partial charge in [-0.15, -0.1) is 0 Å². The predicted molar refractivity (Wildman–Crippen MR) is 72.9 cm³/mol. The summed E-state index contributed by atoms with van der Waals surface area (Å²) in [5, 5.41) is -0.567. The molecule has 94 valence electrons. The van der Waals surface area contributed by atoms with Crippen molar-refractivity contribution in [1.29, 1.82) is 0 Å². The second kappa shape index (κ2) is 4.82. The monoisotopic (exact) mass is 261 g/mol. The molecule has 1 unspecified atom stereocenters. The van der Waals surface area contributed by atoms with Crippen LogP contribution in [0.3, 0.4) is 0 Å². The van der Waals surface area contributed by atoms with Crippen molar-refractivity contribution in [3.8, 4) is 0 Å². The van der Waals surface area contributed by atoms with E-state index in [1.54, 1.807) is 31.2 Å². The van der Waals surface area contributed by atoms with Crippen LogP contribution in [0.5, 0.6) is 0 Å². The lowest BCUT2D eigenvalue weighted by Crippen LogP contribution is -2.10. The van der Waals surface area contributed by atoms with Gasteiger partial charge in [-0.1, -0.05) is 30.3 Å². The van der Waals surface area contributed by atoms with Crippen LogP contribution in [0.4, 0.5) is 5.69 Å². The van der Waals surface area contributed by atoms with E-state index < -0.39 is 15.1 Å². The van der Waals surface area contributed by atoms with Crippen LogP contribution in [0.1, 0.15) is 17.7 Å². The van der Waals surface area contributed by atoms with Gasteiger partial charge < -0.3 is 5.73 Å². The van der Waals surface area contributed by atoms with E-state index in [2.05, 4.69) is 0 Å². The Hall–Kier alpha value is -1.81. The standard InChI is InChI=1S/C14H15NO2S/c1-11(12-5-3-2-4-6-12)18(16,17)14-9-7-13(15)8-10-14/h2-11H,15H2,1H3. The SMILES string of the molecule is CC(c1ccccc1)S(=O)(=O)c1ccc(N)cc1. The highest BCUT2D eigenvalue weighted by atomic mass is 32.2. The van der Waals surface area contributed by atoms with E-state index in [0.717, 1.165) is 5.56 Å². The smallest absolute Gasteiger partial charge is 0.185 e. The van der Waals surface area contributed by atoms with E-state index in [9.17, 15) is 8.42 Å². The molecule has 2 rings (SSSR count). The molecule has 0 saturated heterocycles. The summed E-state index contributed by atoms with van der Waals surface area (Å²) in [7, 11) is -3.36. The number of nitrogen functional groups attached to an aromatic ring is 1. The Balaban J connectivity index is 2.40. The molecule has 18 heavy (non-hydrogen) atoms. The lowest BCUT2D eigenvalue weighted by atomic mass is 10.2. The summed E-state index contributed by atoms with van der Waals surface area (Å²) in [6, 6.07) is 15.5. The molecule has 0 radical (unpaired) electrons. The first-order chi connectivity index (χ1) is 8.51. The molecule has 0 saturated carbocycles. The molecule has 0 aliphatic rings. The number of sulfone groups is 1. The van der Waals surface area contributed by atoms with Crippen molar-refractivity contribution in [3.05, 3.63) is 60.2 Å². The molecule has 0 spiro atoms. The zero-order chi connectivity index (χ0) is 13.2. The van der Waals surface area contributed by atoms with E-state index in [-0.39, 0.29) is 0 Å². The van der Waals surface area contributed by atoms with Gasteiger partial charge in [-0.05, 0) is 36.8 Å². The van der Waals surface area contributed by atoms with E-state index >= 15 is 0 Å². The fourth-order valence-electron chi connectivity index (χ4n) is 1.76. The van der Waals surface area contributed by atoms with Crippen molar-refractivity contribution < 1.29 is 8.42 Å². The maximum Gasteiger partial charge on any atom is 0.185 e. The summed E-state index contributed by atoms with van der Waals surface area (Å²) in [5.41, 5.74) is 6.91. The van der Waals surface area contributed by atoms with Crippen LogP contribution < -0.4 is 5.73 Å². The summed E-state index contributed by atoms with van der Waals surface area (Å²) < 4.78 is 24.8. The van der Waals surface area contributed by atoms with E-state index in [0.29, 0.717) is 10.6 Å². The number of hydrogen-bond acceptors (Lipinski definition) is 3. The van der Waals surface area contributed by atoms with Crippen LogP contribution in [-0.2, 0) is 9.84 Å². The largest absolute Gasteiger partial charge is 0.399 e. The van der Waals surface area contributed by atoms with Crippen molar-refractivity contribution >= 4 is 15.5 Å². The molecular formula is C14H15NO2S. The van der Waals surface area contributed by atoms with Crippen LogP contribution in [0.15, 0.2) is 59.5 Å². The summed E-state index contributed by atoms with van der Waals surface area (Å²) in [6.45, 7) is 1.70. The van der Waals surface area contributed by atoms with Gasteiger partial charge >= 0.3 is 0 Å². The molecule has 0 aromatic heterocycles. The van der Waals surface area contributed by atoms with Gasteiger partial charge in [0.1, 0.15) is 0 Å². The normalized spacial score (nSPS) is 13.2. The Morgan fingerprint density at radius 2 is 1.50 bits per heavy atom. The third kappa shape index (κ3) is 2.38. The fourth-order valence-corrected chi connectivity index (χ4v) is 3.20. The number of anilines is 1. The summed E-state index contributed by atoms with van der Waals surface area (Å²) >= 11 is 0. The zero-order valence-corrected chi connectivity index (χ0v) is 10.9. The second-order valence-electron chi connectivity index (χ2n) is 4.17. The minimum absolute atomic E-state index is 0.299. The van der Waals surface area contributed by atoms with Crippen LogP contribution in [0, 0.1) is 0 Å². The Kier molecular flexibility index (Phi) is 3.39. The van der Waals surface area contributed by atoms with Crippen molar-refractivity contribution in [1.82, 2.24) is 0 Å². The van der Waals surface area contributed by atoms with Crippen LogP contribution >= 0.6 is 0 Å². The molecule has 0 bridgehead atoms. The lowest BCUT2D eigenvalue weighted by Gasteiger charge is -2.13. The molecule has 0 fully saturated rings. The molecule has 0 amide bonds. The summed E-state index contributed by atoms with van der Waals surface area (Å²) in [5.74, 6) is 0. The van der Waals surface area contributed by atoms with Gasteiger partial charge in [-0.25, -0.2) is 8.42 Å². The van der Waals surface area contributed by atoms with Crippen LogP contribution in [-0.4, -0.2) is 8.42 Å². The van der Waals surface area contributed by atoms with Gasteiger partial charge in [0.25, 0.3) is 0 Å². The number of hydrogen-bond donors (Lipinski definition) is 1. The molecule has 4 heteroatoms. The van der Waals surface area contributed by atoms with Gasteiger partial charge in [0.15, 0.2) is 9.84 Å². The average molecular weight is 261 g/mol. The molecule has 2 N–H and O–H groups in total. The highest BCUT2D eigenvalue weighted by Gasteiger charge is 2.24. The van der Waals surface area contributed by atoms with Crippen molar-refractivity contribution in [3.63, 3.8) is 0 Å². The molecule has 0 aliphatic heterocycles. The predicted octanol–water partition coefficient (Wildman–Crippen LogP) is 2.80. The second-order valence-corrected chi connectivity index (χ2v) is 6.44. The number of nitrogens with two attached hydrogens (primary N) is 1. The number of rotatable bonds is 3. The third-order valence-electron chi connectivity index (χ3n) is 2.94. The topological polar surface area (TPSA) is 60.2 Å². The van der Waals surface area contributed by atoms with Crippen molar-refractivity contribution in [2.24, 2.45) is 0 Å². The van der Waals surface area contributed by atoms with Gasteiger partial charge in [0.2, 0.25) is 0 Å². The molecule has 2 aromatic rings. The Labute approximate surface area is 107 Å². The third-order valence-corrected chi connectivity index (χ3v) is 5.08. The van der Waals surface area contributed by atoms with Crippen molar-refractivity contribution in [2.75, 3.05) is 5.73 Å². The minimum atomic E-state index is -3.36. The minimum Gasteiger partial charge on any atom is -0.399 e. The molecule has 2 aromatic carbocycles. The van der Waals surface area contributed by atoms with Crippen LogP contribution in [0.2, 0.25) is 0 Å². The zero-order valence-electron chi connectivity index (χ0n) is 10.1. The molecule has 1 atom stereocenters. The van der Waals surface area contributed by atoms with Gasteiger partial charge in [0, 0.05) is 5.69 Å². The summed E-state index contributed by atoms with van der Waals surface area (Å²) in [4.78, 5) is 0.299. The average Bonchev–Trinajstić information content (AvgIpc) is 2.39. The Bertz CT molecular complexity index is 619. The van der Waals surface area contributed by atoms with Crippen molar-refractivity contribution in [2.45, 2.75) is 17.1 Å². The first-order valence-electron chi connectivity index (χ1n) is 5.66. The fraction of sp³-hybridized carbons (Fsp3) is 0.143. The lowest BCUT2D eigenvalue weighted by molar-refractivity contribution is 0.586. The van der Waals surface area contributed by atoms with E-state index in [4.69, 9.17) is 5.73 Å². The van der Waals surface area contributed by atoms with E-state index in [1.165, 1.54) is 0 Å². The highest BCUT2D eigenvalue weighted by Crippen LogP contribution is 2.28. The summed E-state index contributed by atoms with van der Waals surface area (Å²) in [6.07, 6.45) is 0. The van der Waals surface area contributed by atoms with Gasteiger partial charge in [-0.3, -0.25) is 0 Å². The Morgan fingerprint density at radius 3 is 2.06 bits per heavy atom. The first-order valence-corrected chi connectivity index (χ1v) is 7.21. The maximum atomic E-state index is 12.4. The van der Waals surface area contributed by atoms with Crippen LogP contribution in [0.25, 0.3) is 0 Å². The molecule has 0 heterocycles. The molecular weight excluding hydrogens is 246 g/mol. The van der Waals surface area contributed by atoms with E-state index in [1.807, 2.05) is 30.3 Å². The maximum absolute atomic E-state index is 12.4. The Morgan fingerprint density at radius 1 is 0.944 bits per heavy atom. The van der Waals surface area contributed by atoms with Gasteiger partial charge in [0.05, 0.1) is 10.1 Å².